The van der Waals surface area contributed by atoms with E-state index >= 15 is 0 Å². The summed E-state index contributed by atoms with van der Waals surface area (Å²) in [7, 11) is 0. The summed E-state index contributed by atoms with van der Waals surface area (Å²) in [4.78, 5) is 27.2. The topological polar surface area (TPSA) is 49.4 Å². The molecule has 1 aromatic carbocycles. The number of nitrogens with zero attached hydrogens (tertiary/aromatic N) is 1. The van der Waals surface area contributed by atoms with E-state index in [9.17, 15) is 9.59 Å². The Morgan fingerprint density at radius 2 is 1.77 bits per heavy atom. The van der Waals surface area contributed by atoms with Gasteiger partial charge in [0.25, 0.3) is 5.91 Å². The highest BCUT2D eigenvalue weighted by Crippen LogP contribution is 2.30. The molecule has 1 saturated heterocycles. The van der Waals surface area contributed by atoms with Gasteiger partial charge in [0.2, 0.25) is 5.91 Å². The van der Waals surface area contributed by atoms with Crippen molar-refractivity contribution in [3.8, 4) is 0 Å². The number of hydrogen-bond donors (Lipinski definition) is 1. The van der Waals surface area contributed by atoms with Gasteiger partial charge >= 0.3 is 0 Å². The molecule has 0 spiro atoms. The molecule has 142 valence electrons. The molecule has 2 amide bonds. The number of carbonyl (C=O) groups excluding carboxylic acids is 2. The second kappa shape index (κ2) is 9.20. The molecule has 2 atom stereocenters. The number of rotatable bonds is 5. The number of piperidine rings is 1. The number of amides is 2. The number of hydrogen-bond acceptors (Lipinski definition) is 2. The SMILES string of the molecule is CC[C@H]1CN(C(=O)c2ccccc2)CC[C@H]1CC(=O)NC1CCCCC1. The molecule has 0 bridgehead atoms. The van der Waals surface area contributed by atoms with E-state index in [4.69, 9.17) is 0 Å². The van der Waals surface area contributed by atoms with Crippen molar-refractivity contribution in [2.24, 2.45) is 11.8 Å². The standard InChI is InChI=1S/C22H32N2O2/c1-2-17-16-24(22(26)18-9-5-3-6-10-18)14-13-19(17)15-21(25)23-20-11-7-4-8-12-20/h3,5-6,9-10,17,19-20H,2,4,7-8,11-16H2,1H3,(H,23,25)/t17-,19-/m0/s1. The molecule has 2 fully saturated rings. The monoisotopic (exact) mass is 356 g/mol. The Labute approximate surface area is 157 Å². The van der Waals surface area contributed by atoms with Crippen LogP contribution >= 0.6 is 0 Å². The first-order valence-corrected chi connectivity index (χ1v) is 10.3. The first-order chi connectivity index (χ1) is 12.7. The van der Waals surface area contributed by atoms with Crippen LogP contribution in [0.25, 0.3) is 0 Å². The molecule has 1 aromatic rings. The van der Waals surface area contributed by atoms with Crippen LogP contribution in [-0.2, 0) is 4.79 Å². The second-order valence-corrected chi connectivity index (χ2v) is 7.94. The lowest BCUT2D eigenvalue weighted by Gasteiger charge is -2.38. The van der Waals surface area contributed by atoms with Crippen LogP contribution in [0.5, 0.6) is 0 Å². The predicted molar refractivity (Wildman–Crippen MR) is 104 cm³/mol. The van der Waals surface area contributed by atoms with Crippen molar-refractivity contribution in [1.82, 2.24) is 10.2 Å². The molecule has 0 radical (unpaired) electrons. The maximum absolute atomic E-state index is 12.7. The molecule has 0 unspecified atom stereocenters. The summed E-state index contributed by atoms with van der Waals surface area (Å²) in [6.45, 7) is 3.70. The Kier molecular flexibility index (Phi) is 6.70. The fourth-order valence-electron chi connectivity index (χ4n) is 4.53. The summed E-state index contributed by atoms with van der Waals surface area (Å²) >= 11 is 0. The predicted octanol–water partition coefficient (Wildman–Crippen LogP) is 4.01. The zero-order chi connectivity index (χ0) is 18.4. The zero-order valence-electron chi connectivity index (χ0n) is 16.0. The Morgan fingerprint density at radius 3 is 2.46 bits per heavy atom. The van der Waals surface area contributed by atoms with Gasteiger partial charge in [-0.2, -0.15) is 0 Å². The molecule has 1 aliphatic carbocycles. The third-order valence-corrected chi connectivity index (χ3v) is 6.14. The molecule has 4 nitrogen and oxygen atoms in total. The van der Waals surface area contributed by atoms with Crippen LogP contribution < -0.4 is 5.32 Å². The van der Waals surface area contributed by atoms with Gasteiger partial charge in [0.05, 0.1) is 0 Å². The molecule has 1 aliphatic heterocycles. The van der Waals surface area contributed by atoms with E-state index in [1.165, 1.54) is 19.3 Å². The van der Waals surface area contributed by atoms with Gasteiger partial charge < -0.3 is 10.2 Å². The third-order valence-electron chi connectivity index (χ3n) is 6.14. The largest absolute Gasteiger partial charge is 0.353 e. The molecular formula is C22H32N2O2. The van der Waals surface area contributed by atoms with Crippen LogP contribution in [0.3, 0.4) is 0 Å². The highest BCUT2D eigenvalue weighted by atomic mass is 16.2. The summed E-state index contributed by atoms with van der Waals surface area (Å²) in [5, 5.41) is 3.25. The van der Waals surface area contributed by atoms with Gasteiger partial charge in [-0.25, -0.2) is 0 Å². The van der Waals surface area contributed by atoms with E-state index in [0.29, 0.717) is 24.3 Å². The summed E-state index contributed by atoms with van der Waals surface area (Å²) in [6.07, 6.45) is 8.60. The van der Waals surface area contributed by atoms with Crippen LogP contribution in [0.4, 0.5) is 0 Å². The van der Waals surface area contributed by atoms with Gasteiger partial charge in [-0.15, -0.1) is 0 Å². The fraction of sp³-hybridized carbons (Fsp3) is 0.636. The van der Waals surface area contributed by atoms with Crippen molar-refractivity contribution in [2.75, 3.05) is 13.1 Å². The molecule has 1 heterocycles. The maximum Gasteiger partial charge on any atom is 0.253 e. The van der Waals surface area contributed by atoms with Crippen LogP contribution in [0.15, 0.2) is 30.3 Å². The summed E-state index contributed by atoms with van der Waals surface area (Å²) in [5.41, 5.74) is 0.760. The summed E-state index contributed by atoms with van der Waals surface area (Å²) < 4.78 is 0. The highest BCUT2D eigenvalue weighted by molar-refractivity contribution is 5.94. The molecule has 1 saturated carbocycles. The van der Waals surface area contributed by atoms with E-state index in [1.807, 2.05) is 35.2 Å². The molecule has 26 heavy (non-hydrogen) atoms. The van der Waals surface area contributed by atoms with Crippen LogP contribution in [0.1, 0.15) is 68.6 Å². The summed E-state index contributed by atoms with van der Waals surface area (Å²) in [5.74, 6) is 1.13. The molecule has 3 rings (SSSR count). The van der Waals surface area contributed by atoms with Crippen LogP contribution in [0, 0.1) is 11.8 Å². The first-order valence-electron chi connectivity index (χ1n) is 10.3. The normalized spacial score (nSPS) is 24.3. The minimum absolute atomic E-state index is 0.120. The van der Waals surface area contributed by atoms with Crippen LogP contribution in [-0.4, -0.2) is 35.8 Å². The van der Waals surface area contributed by atoms with Crippen molar-refractivity contribution < 1.29 is 9.59 Å². The van der Waals surface area contributed by atoms with Gasteiger partial charge in [-0.3, -0.25) is 9.59 Å². The lowest BCUT2D eigenvalue weighted by Crippen LogP contribution is -2.45. The molecular weight excluding hydrogens is 324 g/mol. The minimum atomic E-state index is 0.120. The van der Waals surface area contributed by atoms with Gasteiger partial charge in [0, 0.05) is 31.1 Å². The lowest BCUT2D eigenvalue weighted by atomic mass is 9.81. The number of likely N-dealkylation sites (tertiary alicyclic amines) is 1. The molecule has 2 aliphatic rings. The van der Waals surface area contributed by atoms with Gasteiger partial charge in [-0.1, -0.05) is 50.8 Å². The quantitative estimate of drug-likeness (QED) is 0.866. The lowest BCUT2D eigenvalue weighted by molar-refractivity contribution is -0.123. The molecule has 0 aromatic heterocycles. The number of nitrogens with one attached hydrogen (secondary N) is 1. The Morgan fingerprint density at radius 1 is 1.04 bits per heavy atom. The van der Waals surface area contributed by atoms with Crippen molar-refractivity contribution in [3.05, 3.63) is 35.9 Å². The first kappa shape index (κ1) is 18.9. The highest BCUT2D eigenvalue weighted by Gasteiger charge is 2.32. The smallest absolute Gasteiger partial charge is 0.253 e. The van der Waals surface area contributed by atoms with E-state index in [1.54, 1.807) is 0 Å². The molecule has 4 heteroatoms. The number of benzene rings is 1. The fourth-order valence-corrected chi connectivity index (χ4v) is 4.53. The van der Waals surface area contributed by atoms with Gasteiger partial charge in [0.1, 0.15) is 0 Å². The van der Waals surface area contributed by atoms with E-state index in [0.717, 1.165) is 44.3 Å². The molecule has 1 N–H and O–H groups in total. The van der Waals surface area contributed by atoms with Crippen molar-refractivity contribution in [2.45, 2.75) is 64.3 Å². The Bertz CT molecular complexity index is 595. The van der Waals surface area contributed by atoms with Crippen LogP contribution in [0.2, 0.25) is 0 Å². The van der Waals surface area contributed by atoms with Gasteiger partial charge in [-0.05, 0) is 43.2 Å². The van der Waals surface area contributed by atoms with Gasteiger partial charge in [0.15, 0.2) is 0 Å². The zero-order valence-corrected chi connectivity index (χ0v) is 16.0. The van der Waals surface area contributed by atoms with Crippen molar-refractivity contribution in [3.63, 3.8) is 0 Å². The Hall–Kier alpha value is -1.84. The maximum atomic E-state index is 12.7. The van der Waals surface area contributed by atoms with E-state index in [2.05, 4.69) is 12.2 Å². The minimum Gasteiger partial charge on any atom is -0.353 e. The van der Waals surface area contributed by atoms with E-state index in [-0.39, 0.29) is 11.8 Å². The van der Waals surface area contributed by atoms with E-state index < -0.39 is 0 Å². The number of carbonyl (C=O) groups is 2. The average Bonchev–Trinajstić information content (AvgIpc) is 2.69. The summed E-state index contributed by atoms with van der Waals surface area (Å²) in [6, 6.07) is 9.90. The Balaban J connectivity index is 1.52. The van der Waals surface area contributed by atoms with Crippen molar-refractivity contribution >= 4 is 11.8 Å². The second-order valence-electron chi connectivity index (χ2n) is 7.94. The average molecular weight is 357 g/mol. The third kappa shape index (κ3) is 4.87. The van der Waals surface area contributed by atoms with Crippen molar-refractivity contribution in [1.29, 1.82) is 0 Å².